The van der Waals surface area contributed by atoms with Gasteiger partial charge in [-0.3, -0.25) is 14.6 Å². The number of rotatable bonds is 1. The average molecular weight is 284 g/mol. The van der Waals surface area contributed by atoms with Crippen LogP contribution in [0.25, 0.3) is 22.3 Å². The molecule has 0 aliphatic heterocycles. The molecule has 0 saturated carbocycles. The molecular weight excluding hydrogens is 268 g/mol. The lowest BCUT2D eigenvalue weighted by atomic mass is 10.1. The number of pyridine rings is 1. The summed E-state index contributed by atoms with van der Waals surface area (Å²) in [5, 5.41) is 8.40. The quantitative estimate of drug-likeness (QED) is 0.689. The molecule has 3 rings (SSSR count). The molecule has 20 heavy (non-hydrogen) atoms. The molecule has 2 heterocycles. The third-order valence-electron chi connectivity index (χ3n) is 3.23. The molecule has 0 unspecified atom stereocenters. The van der Waals surface area contributed by atoms with Crippen molar-refractivity contribution in [2.75, 3.05) is 0 Å². The molecular formula is C15H16N4S. The highest BCUT2D eigenvalue weighted by Crippen LogP contribution is 2.29. The van der Waals surface area contributed by atoms with E-state index < -0.39 is 0 Å². The number of para-hydroxylation sites is 1. The van der Waals surface area contributed by atoms with E-state index in [2.05, 4.69) is 42.0 Å². The van der Waals surface area contributed by atoms with Gasteiger partial charge in [0.15, 0.2) is 10.6 Å². The predicted molar refractivity (Wildman–Crippen MR) is 83.1 cm³/mol. The molecule has 0 fully saturated rings. The van der Waals surface area contributed by atoms with Crippen molar-refractivity contribution in [3.8, 4) is 11.4 Å². The van der Waals surface area contributed by atoms with Crippen LogP contribution in [0.2, 0.25) is 0 Å². The first-order valence-corrected chi connectivity index (χ1v) is 6.91. The molecule has 0 spiro atoms. The fourth-order valence-corrected chi connectivity index (χ4v) is 2.80. The molecule has 0 radical (unpaired) electrons. The first kappa shape index (κ1) is 13.0. The smallest absolute Gasteiger partial charge is 0.195 e. The number of hydrogen-bond acceptors (Lipinski definition) is 3. The molecule has 3 aromatic rings. The van der Waals surface area contributed by atoms with Crippen LogP contribution in [0.15, 0.2) is 36.5 Å². The Morgan fingerprint density at radius 3 is 2.65 bits per heavy atom. The molecule has 0 bridgehead atoms. The summed E-state index contributed by atoms with van der Waals surface area (Å²) in [4.78, 5) is 4.39. The second-order valence-electron chi connectivity index (χ2n) is 5.73. The summed E-state index contributed by atoms with van der Waals surface area (Å²) in [6.45, 7) is 6.35. The minimum Gasteiger partial charge on any atom is -0.295 e. The van der Waals surface area contributed by atoms with Gasteiger partial charge >= 0.3 is 0 Å². The lowest BCUT2D eigenvalue weighted by molar-refractivity contribution is 0.395. The zero-order valence-corrected chi connectivity index (χ0v) is 12.5. The highest BCUT2D eigenvalue weighted by molar-refractivity contribution is 7.71. The summed E-state index contributed by atoms with van der Waals surface area (Å²) in [6, 6.07) is 10.0. The van der Waals surface area contributed by atoms with E-state index >= 15 is 0 Å². The van der Waals surface area contributed by atoms with Crippen LogP contribution in [-0.4, -0.2) is 19.7 Å². The van der Waals surface area contributed by atoms with Gasteiger partial charge in [0.2, 0.25) is 0 Å². The van der Waals surface area contributed by atoms with Crippen molar-refractivity contribution in [3.63, 3.8) is 0 Å². The first-order valence-electron chi connectivity index (χ1n) is 6.50. The Labute approximate surface area is 122 Å². The fraction of sp³-hybridized carbons (Fsp3) is 0.267. The number of H-pyrrole nitrogens is 1. The highest BCUT2D eigenvalue weighted by Gasteiger charge is 2.21. The molecule has 1 aromatic carbocycles. The standard InChI is InChI=1S/C15H16N4S/c1-15(2,3)19-13(17-18-14(19)20)11-8-9-16-12-7-5-4-6-10(11)12/h4-9H,1-3H3,(H,18,20). The number of fused-ring (bicyclic) bond motifs is 1. The van der Waals surface area contributed by atoms with Crippen LogP contribution >= 0.6 is 12.2 Å². The van der Waals surface area contributed by atoms with Crippen LogP contribution in [0.3, 0.4) is 0 Å². The van der Waals surface area contributed by atoms with E-state index in [1.165, 1.54) is 0 Å². The molecule has 0 saturated heterocycles. The second kappa shape index (κ2) is 4.52. The Hall–Kier alpha value is -2.01. The maximum Gasteiger partial charge on any atom is 0.195 e. The molecule has 0 aliphatic carbocycles. The van der Waals surface area contributed by atoms with Gasteiger partial charge in [-0.15, -0.1) is 0 Å². The van der Waals surface area contributed by atoms with E-state index in [0.717, 1.165) is 22.3 Å². The zero-order valence-electron chi connectivity index (χ0n) is 11.7. The van der Waals surface area contributed by atoms with E-state index in [-0.39, 0.29) is 5.54 Å². The molecule has 2 aromatic heterocycles. The Morgan fingerprint density at radius 2 is 1.90 bits per heavy atom. The lowest BCUT2D eigenvalue weighted by Crippen LogP contribution is -2.23. The van der Waals surface area contributed by atoms with Gasteiger partial charge in [-0.25, -0.2) is 0 Å². The van der Waals surface area contributed by atoms with Crippen LogP contribution < -0.4 is 0 Å². The van der Waals surface area contributed by atoms with Crippen molar-refractivity contribution in [1.29, 1.82) is 0 Å². The third kappa shape index (κ3) is 2.04. The summed E-state index contributed by atoms with van der Waals surface area (Å²) in [5.74, 6) is 0.848. The van der Waals surface area contributed by atoms with Gasteiger partial charge in [0, 0.05) is 22.7 Å². The molecule has 5 heteroatoms. The normalized spacial score (nSPS) is 11.9. The van der Waals surface area contributed by atoms with Gasteiger partial charge in [-0.05, 0) is 45.1 Å². The van der Waals surface area contributed by atoms with E-state index in [9.17, 15) is 0 Å². The van der Waals surface area contributed by atoms with Gasteiger partial charge in [-0.2, -0.15) is 5.10 Å². The Morgan fingerprint density at radius 1 is 1.15 bits per heavy atom. The summed E-state index contributed by atoms with van der Waals surface area (Å²) in [5.41, 5.74) is 1.86. The molecule has 0 atom stereocenters. The number of nitrogens with zero attached hydrogens (tertiary/aromatic N) is 3. The monoisotopic (exact) mass is 284 g/mol. The minimum absolute atomic E-state index is 0.135. The summed E-state index contributed by atoms with van der Waals surface area (Å²) in [6.07, 6.45) is 1.81. The molecule has 102 valence electrons. The van der Waals surface area contributed by atoms with Crippen LogP contribution in [0.1, 0.15) is 20.8 Å². The van der Waals surface area contributed by atoms with Crippen molar-refractivity contribution in [2.24, 2.45) is 0 Å². The third-order valence-corrected chi connectivity index (χ3v) is 3.51. The summed E-state index contributed by atoms with van der Waals surface area (Å²) in [7, 11) is 0. The van der Waals surface area contributed by atoms with Crippen LogP contribution in [0.4, 0.5) is 0 Å². The molecule has 1 N–H and O–H groups in total. The number of aromatic amines is 1. The van der Waals surface area contributed by atoms with Crippen molar-refractivity contribution in [3.05, 3.63) is 41.3 Å². The van der Waals surface area contributed by atoms with Crippen LogP contribution in [0.5, 0.6) is 0 Å². The largest absolute Gasteiger partial charge is 0.295 e. The van der Waals surface area contributed by atoms with Gasteiger partial charge < -0.3 is 0 Å². The molecule has 0 amide bonds. The Balaban J connectivity index is 2.36. The highest BCUT2D eigenvalue weighted by atomic mass is 32.1. The maximum absolute atomic E-state index is 5.37. The predicted octanol–water partition coefficient (Wildman–Crippen LogP) is 3.91. The maximum atomic E-state index is 5.37. The number of nitrogens with one attached hydrogen (secondary N) is 1. The van der Waals surface area contributed by atoms with E-state index in [4.69, 9.17) is 12.2 Å². The van der Waals surface area contributed by atoms with Crippen molar-refractivity contribution in [2.45, 2.75) is 26.3 Å². The summed E-state index contributed by atoms with van der Waals surface area (Å²) < 4.78 is 2.68. The van der Waals surface area contributed by atoms with Crippen LogP contribution in [-0.2, 0) is 5.54 Å². The fourth-order valence-electron chi connectivity index (χ4n) is 2.39. The number of hydrogen-bond donors (Lipinski definition) is 1. The topological polar surface area (TPSA) is 46.5 Å². The second-order valence-corrected chi connectivity index (χ2v) is 6.12. The van der Waals surface area contributed by atoms with Crippen molar-refractivity contribution in [1.82, 2.24) is 19.7 Å². The van der Waals surface area contributed by atoms with Gasteiger partial charge in [0.1, 0.15) is 0 Å². The molecule has 4 nitrogen and oxygen atoms in total. The minimum atomic E-state index is -0.135. The van der Waals surface area contributed by atoms with Crippen molar-refractivity contribution < 1.29 is 0 Å². The summed E-state index contributed by atoms with van der Waals surface area (Å²) >= 11 is 5.37. The lowest BCUT2D eigenvalue weighted by Gasteiger charge is -2.22. The SMILES string of the molecule is CC(C)(C)n1c(-c2ccnc3ccccc23)n[nH]c1=S. The van der Waals surface area contributed by atoms with Crippen molar-refractivity contribution >= 4 is 23.1 Å². The Kier molecular flexibility index (Phi) is 2.94. The van der Waals surface area contributed by atoms with Gasteiger partial charge in [0.05, 0.1) is 5.52 Å². The van der Waals surface area contributed by atoms with Crippen LogP contribution in [0, 0.1) is 4.77 Å². The van der Waals surface area contributed by atoms with E-state index in [0.29, 0.717) is 4.77 Å². The molecule has 0 aliphatic rings. The number of aromatic nitrogens is 4. The van der Waals surface area contributed by atoms with E-state index in [1.54, 1.807) is 0 Å². The first-order chi connectivity index (χ1) is 9.48. The average Bonchev–Trinajstić information content (AvgIpc) is 2.80. The van der Waals surface area contributed by atoms with Gasteiger partial charge in [-0.1, -0.05) is 18.2 Å². The van der Waals surface area contributed by atoms with Gasteiger partial charge in [0.25, 0.3) is 0 Å². The zero-order chi connectivity index (χ0) is 14.3. The Bertz CT molecular complexity index is 818. The number of benzene rings is 1. The van der Waals surface area contributed by atoms with E-state index in [1.807, 2.05) is 35.0 Å².